The molecular formula is C28H33N3OS2. The average molecular weight is 492 g/mol. The number of nitrogens with zero attached hydrogens (tertiary/aromatic N) is 2. The largest absolute Gasteiger partial charge is 0.387 e. The molecule has 2 atom stereocenters. The number of nitrogens with one attached hydrogen (secondary N) is 1. The summed E-state index contributed by atoms with van der Waals surface area (Å²) in [6, 6.07) is 17.1. The number of fused-ring (bicyclic) bond motifs is 2. The van der Waals surface area contributed by atoms with Crippen molar-refractivity contribution in [2.24, 2.45) is 5.92 Å². The van der Waals surface area contributed by atoms with Crippen LogP contribution in [0.1, 0.15) is 33.6 Å². The van der Waals surface area contributed by atoms with Crippen LogP contribution < -0.4 is 15.1 Å². The molecule has 5 rings (SSSR count). The van der Waals surface area contributed by atoms with Crippen molar-refractivity contribution < 1.29 is 5.11 Å². The van der Waals surface area contributed by atoms with Crippen molar-refractivity contribution in [2.45, 2.75) is 49.5 Å². The van der Waals surface area contributed by atoms with Crippen molar-refractivity contribution >= 4 is 34.9 Å². The Balaban J connectivity index is 1.46. The smallest absolute Gasteiger partial charge is 0.0926 e. The number of hydrogen-bond donors (Lipinski definition) is 2. The van der Waals surface area contributed by atoms with Crippen molar-refractivity contribution in [1.29, 1.82) is 0 Å². The molecule has 2 aliphatic heterocycles. The van der Waals surface area contributed by atoms with Gasteiger partial charge in [0, 0.05) is 40.7 Å². The molecule has 0 spiro atoms. The molecule has 0 fully saturated rings. The summed E-state index contributed by atoms with van der Waals surface area (Å²) in [5.41, 5.74) is 4.71. The molecule has 0 radical (unpaired) electrons. The fraction of sp³-hybridized carbons (Fsp3) is 0.357. The number of thioether (sulfide) groups is 2. The van der Waals surface area contributed by atoms with Crippen LogP contribution in [0, 0.1) is 5.92 Å². The van der Waals surface area contributed by atoms with Gasteiger partial charge < -0.3 is 20.2 Å². The van der Waals surface area contributed by atoms with Crippen LogP contribution in [0.2, 0.25) is 0 Å². The van der Waals surface area contributed by atoms with Gasteiger partial charge in [0.15, 0.2) is 0 Å². The fourth-order valence-corrected chi connectivity index (χ4v) is 7.23. The number of rotatable bonds is 8. The number of para-hydroxylation sites is 2. The summed E-state index contributed by atoms with van der Waals surface area (Å²) >= 11 is 3.60. The second-order valence-corrected chi connectivity index (χ2v) is 10.9. The van der Waals surface area contributed by atoms with E-state index in [1.807, 2.05) is 0 Å². The van der Waals surface area contributed by atoms with E-state index in [-0.39, 0.29) is 5.92 Å². The van der Waals surface area contributed by atoms with E-state index in [0.29, 0.717) is 0 Å². The van der Waals surface area contributed by atoms with Gasteiger partial charge in [0.2, 0.25) is 0 Å². The van der Waals surface area contributed by atoms with Gasteiger partial charge in [0.25, 0.3) is 0 Å². The van der Waals surface area contributed by atoms with Crippen LogP contribution in [0.4, 0.5) is 11.4 Å². The second kappa shape index (κ2) is 10.1. The molecule has 1 aliphatic carbocycles. The van der Waals surface area contributed by atoms with E-state index >= 15 is 0 Å². The maximum atomic E-state index is 11.3. The lowest BCUT2D eigenvalue weighted by Gasteiger charge is -2.38. The molecule has 0 saturated heterocycles. The monoisotopic (exact) mass is 491 g/mol. The molecule has 178 valence electrons. The Kier molecular flexibility index (Phi) is 7.00. The van der Waals surface area contributed by atoms with Crippen LogP contribution in [-0.2, 0) is 0 Å². The third-order valence-electron chi connectivity index (χ3n) is 6.66. The van der Waals surface area contributed by atoms with E-state index in [2.05, 4.69) is 96.6 Å². The Hall–Kier alpha value is -2.28. The van der Waals surface area contributed by atoms with Crippen molar-refractivity contribution in [1.82, 2.24) is 5.32 Å². The third-order valence-corrected chi connectivity index (χ3v) is 8.90. The van der Waals surface area contributed by atoms with Gasteiger partial charge in [0.05, 0.1) is 33.5 Å². The number of aliphatic hydroxyl groups is 1. The molecule has 34 heavy (non-hydrogen) atoms. The third kappa shape index (κ3) is 4.16. The minimum atomic E-state index is -0.504. The van der Waals surface area contributed by atoms with E-state index < -0.39 is 6.10 Å². The van der Waals surface area contributed by atoms with Crippen LogP contribution in [0.15, 0.2) is 91.8 Å². The highest BCUT2D eigenvalue weighted by Crippen LogP contribution is 2.50. The first kappa shape index (κ1) is 23.5. The van der Waals surface area contributed by atoms with Gasteiger partial charge >= 0.3 is 0 Å². The van der Waals surface area contributed by atoms with Gasteiger partial charge in [-0.25, -0.2) is 0 Å². The Morgan fingerprint density at radius 3 is 2.09 bits per heavy atom. The Morgan fingerprint density at radius 1 is 0.882 bits per heavy atom. The summed E-state index contributed by atoms with van der Waals surface area (Å²) in [5.74, 6) is -0.0153. The van der Waals surface area contributed by atoms with Crippen molar-refractivity contribution in [3.8, 4) is 0 Å². The van der Waals surface area contributed by atoms with Gasteiger partial charge in [-0.2, -0.15) is 0 Å². The molecule has 2 aromatic carbocycles. The molecule has 4 nitrogen and oxygen atoms in total. The number of benzene rings is 2. The highest BCUT2D eigenvalue weighted by molar-refractivity contribution is 8.04. The molecule has 6 heteroatoms. The molecule has 0 saturated carbocycles. The first-order valence-electron chi connectivity index (χ1n) is 12.3. The highest BCUT2D eigenvalue weighted by Gasteiger charge is 2.39. The molecule has 0 amide bonds. The lowest BCUT2D eigenvalue weighted by molar-refractivity contribution is 0.149. The second-order valence-electron chi connectivity index (χ2n) is 8.74. The summed E-state index contributed by atoms with van der Waals surface area (Å²) < 4.78 is 0. The van der Waals surface area contributed by atoms with E-state index in [1.54, 1.807) is 23.5 Å². The number of unbranched alkanes of at least 4 members (excludes halogenated alkanes) is 1. The highest BCUT2D eigenvalue weighted by atomic mass is 32.2. The van der Waals surface area contributed by atoms with Gasteiger partial charge in [-0.3, -0.25) is 0 Å². The molecule has 2 aromatic rings. The first-order chi connectivity index (χ1) is 16.7. The molecule has 2 N–H and O–H groups in total. The fourth-order valence-electron chi connectivity index (χ4n) is 4.84. The van der Waals surface area contributed by atoms with Gasteiger partial charge in [-0.1, -0.05) is 61.1 Å². The quantitative estimate of drug-likeness (QED) is 0.407. The van der Waals surface area contributed by atoms with Crippen LogP contribution in [-0.4, -0.2) is 30.8 Å². The van der Waals surface area contributed by atoms with Crippen LogP contribution in [0.5, 0.6) is 0 Å². The van der Waals surface area contributed by atoms with Gasteiger partial charge in [-0.05, 0) is 56.7 Å². The topological polar surface area (TPSA) is 38.7 Å². The molecular weight excluding hydrogens is 458 g/mol. The Bertz CT molecular complexity index is 1160. The van der Waals surface area contributed by atoms with Gasteiger partial charge in [-0.15, -0.1) is 0 Å². The molecule has 0 aromatic heterocycles. The Labute approximate surface area is 211 Å². The zero-order valence-corrected chi connectivity index (χ0v) is 21.8. The average Bonchev–Trinajstić information content (AvgIpc) is 3.41. The van der Waals surface area contributed by atoms with E-state index in [0.717, 1.165) is 38.0 Å². The van der Waals surface area contributed by atoms with Crippen molar-refractivity contribution in [3.63, 3.8) is 0 Å². The maximum Gasteiger partial charge on any atom is 0.0926 e. The van der Waals surface area contributed by atoms with E-state index in [4.69, 9.17) is 0 Å². The summed E-state index contributed by atoms with van der Waals surface area (Å²) in [5, 5.41) is 17.4. The minimum absolute atomic E-state index is 0.0153. The summed E-state index contributed by atoms with van der Waals surface area (Å²) in [4.78, 5) is 7.27. The summed E-state index contributed by atoms with van der Waals surface area (Å²) in [7, 11) is 0. The number of hydrogen-bond acceptors (Lipinski definition) is 6. The molecule has 2 unspecified atom stereocenters. The van der Waals surface area contributed by atoms with Crippen LogP contribution >= 0.6 is 23.5 Å². The molecule has 2 heterocycles. The van der Waals surface area contributed by atoms with Crippen LogP contribution in [0.3, 0.4) is 0 Å². The summed E-state index contributed by atoms with van der Waals surface area (Å²) in [6.07, 6.45) is 6.23. The van der Waals surface area contributed by atoms with Crippen LogP contribution in [0.25, 0.3) is 0 Å². The van der Waals surface area contributed by atoms with E-state index in [9.17, 15) is 5.11 Å². The lowest BCUT2D eigenvalue weighted by Crippen LogP contribution is -2.42. The zero-order valence-electron chi connectivity index (χ0n) is 20.1. The number of anilines is 2. The predicted molar refractivity (Wildman–Crippen MR) is 146 cm³/mol. The Morgan fingerprint density at radius 2 is 1.47 bits per heavy atom. The predicted octanol–water partition coefficient (Wildman–Crippen LogP) is 6.57. The molecule has 3 aliphatic rings. The SMILES string of the molecule is CCCCNC1=C(/C=C2\Sc3ccccc3N2CC)C(O)C1/C=C1\Sc2ccccc2N1CC. The minimum Gasteiger partial charge on any atom is -0.387 e. The zero-order chi connectivity index (χ0) is 23.7. The normalized spacial score (nSPS) is 23.5. The lowest BCUT2D eigenvalue weighted by atomic mass is 9.78. The summed E-state index contributed by atoms with van der Waals surface area (Å²) in [6.45, 7) is 9.34. The first-order valence-corrected chi connectivity index (χ1v) is 14.0. The number of aliphatic hydroxyl groups excluding tert-OH is 1. The van der Waals surface area contributed by atoms with Crippen molar-refractivity contribution in [2.75, 3.05) is 29.4 Å². The standard InChI is InChI=1S/C28H33N3OS2/c1-4-7-16-29-27-19(17-25-30(5-2)21-12-8-10-14-23(21)33-25)28(32)20(27)18-26-31(6-3)22-13-9-11-15-24(22)34-26/h8-15,17-19,28-29,32H,4-7,16H2,1-3H3/b25-17-,26-18-. The van der Waals surface area contributed by atoms with Gasteiger partial charge in [0.1, 0.15) is 0 Å². The molecule has 0 bridgehead atoms. The van der Waals surface area contributed by atoms with Crippen molar-refractivity contribution in [3.05, 3.63) is 82.0 Å². The van der Waals surface area contributed by atoms with E-state index in [1.165, 1.54) is 36.9 Å². The maximum absolute atomic E-state index is 11.3.